The van der Waals surface area contributed by atoms with Crippen LogP contribution in [0.1, 0.15) is 44.7 Å². The summed E-state index contributed by atoms with van der Waals surface area (Å²) in [6.07, 6.45) is 1.50. The summed E-state index contributed by atoms with van der Waals surface area (Å²) in [5.41, 5.74) is 1.84. The molecule has 0 bridgehead atoms. The fourth-order valence-electron chi connectivity index (χ4n) is 2.05. The van der Waals surface area contributed by atoms with Crippen LogP contribution in [0, 0.1) is 13.8 Å². The maximum Gasteiger partial charge on any atom is 0.374 e. The van der Waals surface area contributed by atoms with Gasteiger partial charge in [-0.15, -0.1) is 11.3 Å². The van der Waals surface area contributed by atoms with E-state index in [-0.39, 0.29) is 11.8 Å². The Balaban J connectivity index is 2.04. The van der Waals surface area contributed by atoms with Crippen molar-refractivity contribution in [1.29, 1.82) is 0 Å². The zero-order valence-electron chi connectivity index (χ0n) is 12.0. The number of thiazole rings is 1. The second-order valence-corrected chi connectivity index (χ2v) is 5.79. The van der Waals surface area contributed by atoms with E-state index in [0.717, 1.165) is 16.3 Å². The summed E-state index contributed by atoms with van der Waals surface area (Å²) in [6.45, 7) is 6.63. The van der Waals surface area contributed by atoms with Gasteiger partial charge in [0.15, 0.2) is 0 Å². The predicted molar refractivity (Wildman–Crippen MR) is 76.9 cm³/mol. The minimum absolute atomic E-state index is 0.168. The second kappa shape index (κ2) is 6.19. The zero-order valence-corrected chi connectivity index (χ0v) is 12.8. The lowest BCUT2D eigenvalue weighted by Gasteiger charge is -2.12. The van der Waals surface area contributed by atoms with E-state index in [1.54, 1.807) is 17.4 Å². The molecule has 2 heterocycles. The third-order valence-electron chi connectivity index (χ3n) is 3.05. The van der Waals surface area contributed by atoms with E-state index in [0.29, 0.717) is 6.54 Å². The number of rotatable bonds is 5. The number of aromatic nitrogens is 1. The molecule has 1 N–H and O–H groups in total. The number of nitrogens with zero attached hydrogens (tertiary/aromatic N) is 1. The van der Waals surface area contributed by atoms with Gasteiger partial charge in [-0.2, -0.15) is 0 Å². The number of hydrogen-bond donors (Lipinski definition) is 1. The molecular weight excluding hydrogens is 276 g/mol. The molecule has 108 valence electrons. The number of hydrogen-bond acceptors (Lipinski definition) is 6. The summed E-state index contributed by atoms with van der Waals surface area (Å²) >= 11 is 1.69. The summed E-state index contributed by atoms with van der Waals surface area (Å²) in [4.78, 5) is 17.2. The summed E-state index contributed by atoms with van der Waals surface area (Å²) in [6, 6.07) is 1.94. The van der Waals surface area contributed by atoms with Gasteiger partial charge in [-0.05, 0) is 26.8 Å². The van der Waals surface area contributed by atoms with E-state index < -0.39 is 5.97 Å². The minimum Gasteiger partial charge on any atom is -0.463 e. The Morgan fingerprint density at radius 1 is 1.55 bits per heavy atom. The molecule has 0 saturated heterocycles. The van der Waals surface area contributed by atoms with E-state index in [2.05, 4.69) is 22.0 Å². The van der Waals surface area contributed by atoms with Crippen molar-refractivity contribution in [3.05, 3.63) is 39.2 Å². The van der Waals surface area contributed by atoms with Gasteiger partial charge in [0.05, 0.1) is 24.1 Å². The average Bonchev–Trinajstić information content (AvgIpc) is 3.01. The van der Waals surface area contributed by atoms with Gasteiger partial charge in [-0.3, -0.25) is 0 Å². The number of ether oxygens (including phenoxy) is 1. The molecule has 0 spiro atoms. The smallest absolute Gasteiger partial charge is 0.374 e. The molecule has 0 saturated carbocycles. The van der Waals surface area contributed by atoms with E-state index in [1.807, 2.05) is 13.8 Å². The van der Waals surface area contributed by atoms with Crippen LogP contribution in [0.25, 0.3) is 0 Å². The molecule has 0 aliphatic rings. The summed E-state index contributed by atoms with van der Waals surface area (Å²) < 4.78 is 9.84. The second-order valence-electron chi connectivity index (χ2n) is 4.55. The molecule has 0 amide bonds. The molecule has 1 atom stereocenters. The van der Waals surface area contributed by atoms with E-state index in [1.165, 1.54) is 18.3 Å². The maximum absolute atomic E-state index is 11.5. The van der Waals surface area contributed by atoms with Crippen LogP contribution in [0.3, 0.4) is 0 Å². The molecule has 1 unspecified atom stereocenters. The molecule has 2 aromatic rings. The molecule has 20 heavy (non-hydrogen) atoms. The molecule has 0 aliphatic carbocycles. The lowest BCUT2D eigenvalue weighted by atomic mass is 10.2. The Labute approximate surface area is 122 Å². The van der Waals surface area contributed by atoms with Gasteiger partial charge in [0.25, 0.3) is 0 Å². The van der Waals surface area contributed by atoms with Crippen LogP contribution < -0.4 is 5.32 Å². The first kappa shape index (κ1) is 14.7. The van der Waals surface area contributed by atoms with Crippen LogP contribution in [0.2, 0.25) is 0 Å². The molecule has 0 aliphatic heterocycles. The third-order valence-corrected chi connectivity index (χ3v) is 4.30. The third kappa shape index (κ3) is 3.08. The molecule has 2 rings (SSSR count). The Kier molecular flexibility index (Phi) is 4.57. The molecule has 2 aromatic heterocycles. The topological polar surface area (TPSA) is 64.4 Å². The quantitative estimate of drug-likeness (QED) is 0.859. The largest absolute Gasteiger partial charge is 0.463 e. The van der Waals surface area contributed by atoms with Crippen molar-refractivity contribution >= 4 is 17.3 Å². The van der Waals surface area contributed by atoms with Crippen molar-refractivity contribution in [3.63, 3.8) is 0 Å². The van der Waals surface area contributed by atoms with Crippen LogP contribution in [-0.4, -0.2) is 18.1 Å². The van der Waals surface area contributed by atoms with Crippen molar-refractivity contribution in [1.82, 2.24) is 10.3 Å². The van der Waals surface area contributed by atoms with E-state index >= 15 is 0 Å². The number of carbonyl (C=O) groups excluding carboxylic acids is 1. The first-order valence-corrected chi connectivity index (χ1v) is 7.16. The van der Waals surface area contributed by atoms with Gasteiger partial charge in [0.1, 0.15) is 0 Å². The molecule has 0 fully saturated rings. The first-order chi connectivity index (χ1) is 9.52. The number of carbonyl (C=O) groups is 1. The average molecular weight is 294 g/mol. The van der Waals surface area contributed by atoms with Crippen LogP contribution >= 0.6 is 11.3 Å². The molecule has 0 radical (unpaired) electrons. The number of methoxy groups -OCH3 is 1. The van der Waals surface area contributed by atoms with Gasteiger partial charge in [-0.25, -0.2) is 9.78 Å². The van der Waals surface area contributed by atoms with Gasteiger partial charge >= 0.3 is 5.97 Å². The zero-order chi connectivity index (χ0) is 14.7. The summed E-state index contributed by atoms with van der Waals surface area (Å²) in [5.74, 6) is -0.200. The first-order valence-electron chi connectivity index (χ1n) is 6.35. The Morgan fingerprint density at radius 2 is 2.30 bits per heavy atom. The fourth-order valence-corrected chi connectivity index (χ4v) is 3.01. The van der Waals surface area contributed by atoms with Gasteiger partial charge in [-0.1, -0.05) is 0 Å². The van der Waals surface area contributed by atoms with Crippen molar-refractivity contribution in [2.75, 3.05) is 7.11 Å². The lowest BCUT2D eigenvalue weighted by molar-refractivity contribution is 0.0563. The molecule has 6 heteroatoms. The normalized spacial score (nSPS) is 12.4. The SMILES string of the molecule is COC(=O)c1occc1CNC(C)c1sc(C)nc1C. The van der Waals surface area contributed by atoms with E-state index in [4.69, 9.17) is 4.42 Å². The highest BCUT2D eigenvalue weighted by molar-refractivity contribution is 7.11. The monoisotopic (exact) mass is 294 g/mol. The highest BCUT2D eigenvalue weighted by atomic mass is 32.1. The van der Waals surface area contributed by atoms with Gasteiger partial charge in [0.2, 0.25) is 5.76 Å². The fraction of sp³-hybridized carbons (Fsp3) is 0.429. The predicted octanol–water partition coefficient (Wildman–Crippen LogP) is 2.99. The van der Waals surface area contributed by atoms with Crippen LogP contribution in [-0.2, 0) is 11.3 Å². The Hall–Kier alpha value is -1.66. The highest BCUT2D eigenvalue weighted by Gasteiger charge is 2.17. The number of nitrogens with one attached hydrogen (secondary N) is 1. The number of furan rings is 1. The summed E-state index contributed by atoms with van der Waals surface area (Å²) in [5, 5.41) is 4.44. The number of esters is 1. The van der Waals surface area contributed by atoms with Crippen molar-refractivity contribution in [2.24, 2.45) is 0 Å². The number of aryl methyl sites for hydroxylation is 2. The van der Waals surface area contributed by atoms with Crippen molar-refractivity contribution in [2.45, 2.75) is 33.4 Å². The van der Waals surface area contributed by atoms with Crippen molar-refractivity contribution < 1.29 is 13.9 Å². The maximum atomic E-state index is 11.5. The van der Waals surface area contributed by atoms with Gasteiger partial charge < -0.3 is 14.5 Å². The lowest BCUT2D eigenvalue weighted by Crippen LogP contribution is -2.19. The standard InChI is InChI=1S/C14H18N2O3S/c1-8(13-9(2)16-10(3)20-13)15-7-11-5-6-19-12(11)14(17)18-4/h5-6,8,15H,7H2,1-4H3. The van der Waals surface area contributed by atoms with Crippen LogP contribution in [0.5, 0.6) is 0 Å². The van der Waals surface area contributed by atoms with E-state index in [9.17, 15) is 4.79 Å². The summed E-state index contributed by atoms with van der Waals surface area (Å²) in [7, 11) is 1.34. The van der Waals surface area contributed by atoms with Crippen LogP contribution in [0.15, 0.2) is 16.7 Å². The van der Waals surface area contributed by atoms with Gasteiger partial charge in [0, 0.05) is 23.0 Å². The van der Waals surface area contributed by atoms with Crippen molar-refractivity contribution in [3.8, 4) is 0 Å². The molecule has 5 nitrogen and oxygen atoms in total. The Morgan fingerprint density at radius 3 is 2.90 bits per heavy atom. The minimum atomic E-state index is -0.454. The highest BCUT2D eigenvalue weighted by Crippen LogP contribution is 2.25. The molecule has 0 aromatic carbocycles. The van der Waals surface area contributed by atoms with Crippen LogP contribution in [0.4, 0.5) is 0 Å². The Bertz CT molecular complexity index is 603. The molecular formula is C14H18N2O3S.